The molecule has 1 rings (SSSR count). The van der Waals surface area contributed by atoms with Crippen molar-refractivity contribution in [1.29, 1.82) is 0 Å². The van der Waals surface area contributed by atoms with Crippen molar-refractivity contribution in [3.63, 3.8) is 0 Å². The summed E-state index contributed by atoms with van der Waals surface area (Å²) in [5.74, 6) is 3.93. The maximum atomic E-state index is 5.50. The minimum atomic E-state index is 0.459. The molecular weight excluding hydrogens is 156 g/mol. The first-order chi connectivity index (χ1) is 6.24. The van der Waals surface area contributed by atoms with Crippen LogP contribution in [0, 0.1) is 24.2 Å². The van der Waals surface area contributed by atoms with Crippen LogP contribution in [0.5, 0.6) is 0 Å². The smallest absolute Gasteiger partial charge is 0.0269 e. The van der Waals surface area contributed by atoms with Gasteiger partial charge >= 0.3 is 0 Å². The summed E-state index contributed by atoms with van der Waals surface area (Å²) in [5.41, 5.74) is 4.51. The number of hydrogen-bond acceptors (Lipinski definition) is 0. The number of hydrogen-bond donors (Lipinski definition) is 0. The summed E-state index contributed by atoms with van der Waals surface area (Å²) in [6.45, 7) is 4.15. The van der Waals surface area contributed by atoms with Crippen LogP contribution >= 0.6 is 0 Å². The lowest BCUT2D eigenvalue weighted by atomic mass is 9.80. The van der Waals surface area contributed by atoms with Gasteiger partial charge in [-0.25, -0.2) is 0 Å². The van der Waals surface area contributed by atoms with E-state index in [9.17, 15) is 0 Å². The number of terminal acetylenes is 1. The predicted molar refractivity (Wildman–Crippen MR) is 57.2 cm³/mol. The molecule has 0 aromatic heterocycles. The third-order valence-corrected chi connectivity index (χ3v) is 2.62. The molecule has 1 aliphatic rings. The highest BCUT2D eigenvalue weighted by atomic mass is 14.2. The maximum absolute atomic E-state index is 5.50. The van der Waals surface area contributed by atoms with Crippen molar-refractivity contribution in [2.24, 2.45) is 11.8 Å². The van der Waals surface area contributed by atoms with Crippen LogP contribution in [-0.4, -0.2) is 0 Å². The van der Waals surface area contributed by atoms with Crippen molar-refractivity contribution in [2.75, 3.05) is 0 Å². The van der Waals surface area contributed by atoms with E-state index in [0.29, 0.717) is 11.8 Å². The standard InChI is InChI=1S/C13H18/c1-4-12-7-5-6-8-13(12)10-9-11(2)3/h1,10,12-13H,5-8H2,2-3H3/t12-,13+/m0/s1. The van der Waals surface area contributed by atoms with E-state index in [4.69, 9.17) is 6.42 Å². The van der Waals surface area contributed by atoms with Gasteiger partial charge in [0.25, 0.3) is 0 Å². The Balaban J connectivity index is 2.67. The van der Waals surface area contributed by atoms with Crippen LogP contribution in [0.15, 0.2) is 17.4 Å². The van der Waals surface area contributed by atoms with Crippen LogP contribution in [0.4, 0.5) is 0 Å². The van der Waals surface area contributed by atoms with E-state index in [-0.39, 0.29) is 0 Å². The monoisotopic (exact) mass is 174 g/mol. The number of rotatable bonds is 1. The first-order valence-electron chi connectivity index (χ1n) is 5.10. The van der Waals surface area contributed by atoms with Crippen molar-refractivity contribution < 1.29 is 0 Å². The zero-order valence-electron chi connectivity index (χ0n) is 8.64. The Morgan fingerprint density at radius 3 is 2.62 bits per heavy atom. The molecule has 0 saturated heterocycles. The second-order valence-electron chi connectivity index (χ2n) is 4.03. The maximum Gasteiger partial charge on any atom is 0.0269 e. The van der Waals surface area contributed by atoms with Crippen LogP contribution < -0.4 is 0 Å². The molecule has 0 N–H and O–H groups in total. The molecule has 1 aliphatic carbocycles. The van der Waals surface area contributed by atoms with Gasteiger partial charge in [0.2, 0.25) is 0 Å². The van der Waals surface area contributed by atoms with Crippen molar-refractivity contribution in [2.45, 2.75) is 39.5 Å². The Morgan fingerprint density at radius 2 is 2.00 bits per heavy atom. The van der Waals surface area contributed by atoms with Crippen molar-refractivity contribution in [1.82, 2.24) is 0 Å². The Morgan fingerprint density at radius 1 is 1.31 bits per heavy atom. The molecule has 0 unspecified atom stereocenters. The molecule has 70 valence electrons. The Hall–Kier alpha value is -0.920. The van der Waals surface area contributed by atoms with E-state index in [1.54, 1.807) is 0 Å². The summed E-state index contributed by atoms with van der Waals surface area (Å²) in [6.07, 6.45) is 12.7. The van der Waals surface area contributed by atoms with E-state index < -0.39 is 0 Å². The van der Waals surface area contributed by atoms with Gasteiger partial charge in [-0.05, 0) is 44.3 Å². The quantitative estimate of drug-likeness (QED) is 0.421. The molecule has 2 atom stereocenters. The minimum absolute atomic E-state index is 0.459. The molecule has 1 fully saturated rings. The summed E-state index contributed by atoms with van der Waals surface area (Å²) in [7, 11) is 0. The summed E-state index contributed by atoms with van der Waals surface area (Å²) >= 11 is 0. The molecule has 1 saturated carbocycles. The third-order valence-electron chi connectivity index (χ3n) is 2.62. The highest BCUT2D eigenvalue weighted by Crippen LogP contribution is 2.30. The fourth-order valence-electron chi connectivity index (χ4n) is 1.84. The molecule has 0 nitrogen and oxygen atoms in total. The van der Waals surface area contributed by atoms with Gasteiger partial charge < -0.3 is 0 Å². The average molecular weight is 174 g/mol. The topological polar surface area (TPSA) is 0 Å². The fraction of sp³-hybridized carbons (Fsp3) is 0.615. The molecule has 0 bridgehead atoms. The molecule has 0 radical (unpaired) electrons. The van der Waals surface area contributed by atoms with Crippen molar-refractivity contribution >= 4 is 0 Å². The second-order valence-corrected chi connectivity index (χ2v) is 4.03. The van der Waals surface area contributed by atoms with Crippen LogP contribution in [0.25, 0.3) is 0 Å². The predicted octanol–water partition coefficient (Wildman–Crippen LogP) is 3.55. The zero-order valence-corrected chi connectivity index (χ0v) is 8.64. The first-order valence-corrected chi connectivity index (χ1v) is 5.10. The van der Waals surface area contributed by atoms with Crippen LogP contribution in [0.3, 0.4) is 0 Å². The molecular formula is C13H18. The Kier molecular flexibility index (Phi) is 3.87. The van der Waals surface area contributed by atoms with Crippen molar-refractivity contribution in [3.05, 3.63) is 17.4 Å². The normalized spacial score (nSPS) is 27.2. The van der Waals surface area contributed by atoms with Gasteiger partial charge in [-0.2, -0.15) is 0 Å². The molecule has 0 amide bonds. The second kappa shape index (κ2) is 4.95. The third kappa shape index (κ3) is 3.13. The molecule has 0 heterocycles. The van der Waals surface area contributed by atoms with Gasteiger partial charge in [0.1, 0.15) is 0 Å². The fourth-order valence-corrected chi connectivity index (χ4v) is 1.84. The van der Waals surface area contributed by atoms with Crippen molar-refractivity contribution in [3.8, 4) is 12.3 Å². The van der Waals surface area contributed by atoms with Crippen LogP contribution in [-0.2, 0) is 0 Å². The average Bonchev–Trinajstić information content (AvgIpc) is 2.15. The molecule has 0 aromatic rings. The highest BCUT2D eigenvalue weighted by Gasteiger charge is 2.20. The Bertz CT molecular complexity index is 254. The SMILES string of the molecule is C#C[C@H]1CCCC[C@@H]1C=C=C(C)C. The lowest BCUT2D eigenvalue weighted by Gasteiger charge is -2.24. The van der Waals surface area contributed by atoms with E-state index >= 15 is 0 Å². The van der Waals surface area contributed by atoms with E-state index in [2.05, 4.69) is 31.6 Å². The summed E-state index contributed by atoms with van der Waals surface area (Å²) in [6, 6.07) is 0. The highest BCUT2D eigenvalue weighted by molar-refractivity contribution is 5.06. The summed E-state index contributed by atoms with van der Waals surface area (Å²) in [4.78, 5) is 0. The summed E-state index contributed by atoms with van der Waals surface area (Å²) in [5, 5.41) is 0. The van der Waals surface area contributed by atoms with E-state index in [1.807, 2.05) is 0 Å². The van der Waals surface area contributed by atoms with Gasteiger partial charge in [-0.1, -0.05) is 12.8 Å². The summed E-state index contributed by atoms with van der Waals surface area (Å²) < 4.78 is 0. The van der Waals surface area contributed by atoms with Crippen LogP contribution in [0.2, 0.25) is 0 Å². The lowest BCUT2D eigenvalue weighted by Crippen LogP contribution is -2.15. The van der Waals surface area contributed by atoms with Gasteiger partial charge in [0.05, 0.1) is 0 Å². The first kappa shape index (κ1) is 10.2. The number of allylic oxidation sites excluding steroid dienone is 1. The van der Waals surface area contributed by atoms with Gasteiger partial charge in [-0.3, -0.25) is 0 Å². The zero-order chi connectivity index (χ0) is 9.68. The van der Waals surface area contributed by atoms with Gasteiger partial charge in [0.15, 0.2) is 0 Å². The van der Waals surface area contributed by atoms with Gasteiger partial charge in [-0.15, -0.1) is 18.1 Å². The molecule has 0 aliphatic heterocycles. The largest absolute Gasteiger partial charge is 0.126 e. The van der Waals surface area contributed by atoms with E-state index in [0.717, 1.165) is 0 Å². The lowest BCUT2D eigenvalue weighted by molar-refractivity contribution is 0.348. The minimum Gasteiger partial charge on any atom is -0.126 e. The molecule has 13 heavy (non-hydrogen) atoms. The molecule has 0 spiro atoms. The van der Waals surface area contributed by atoms with Crippen LogP contribution in [0.1, 0.15) is 39.5 Å². The van der Waals surface area contributed by atoms with E-state index in [1.165, 1.54) is 31.3 Å². The molecule has 0 heteroatoms. The molecule has 0 aromatic carbocycles. The Labute approximate surface area is 81.7 Å². The van der Waals surface area contributed by atoms with Gasteiger partial charge in [0, 0.05) is 5.92 Å².